The van der Waals surface area contributed by atoms with Gasteiger partial charge in [-0.25, -0.2) is 0 Å². The highest BCUT2D eigenvalue weighted by molar-refractivity contribution is 9.10. The van der Waals surface area contributed by atoms with Gasteiger partial charge in [-0.2, -0.15) is 0 Å². The summed E-state index contributed by atoms with van der Waals surface area (Å²) < 4.78 is 1.06. The largest absolute Gasteiger partial charge is 0.384 e. The van der Waals surface area contributed by atoms with Gasteiger partial charge in [0.15, 0.2) is 0 Å². The van der Waals surface area contributed by atoms with Crippen molar-refractivity contribution in [1.82, 2.24) is 0 Å². The van der Waals surface area contributed by atoms with Crippen LogP contribution in [0, 0.1) is 6.92 Å². The standard InChI is InChI=1S/C18H15BrO/c1-12-10-15(8-9-17(12)19)18(20)16-7-6-13-4-2-3-5-14(13)11-16/h2-11,18,20H,1H3. The van der Waals surface area contributed by atoms with Gasteiger partial charge in [0.1, 0.15) is 6.10 Å². The minimum atomic E-state index is -0.591. The Hall–Kier alpha value is -1.64. The molecule has 3 aromatic rings. The molecule has 0 radical (unpaired) electrons. The minimum Gasteiger partial charge on any atom is -0.384 e. The Bertz CT molecular complexity index is 764. The van der Waals surface area contributed by atoms with E-state index in [9.17, 15) is 5.11 Å². The summed E-state index contributed by atoms with van der Waals surface area (Å²) in [6.45, 7) is 2.03. The topological polar surface area (TPSA) is 20.2 Å². The average molecular weight is 327 g/mol. The number of halogens is 1. The predicted octanol–water partition coefficient (Wildman–Crippen LogP) is 4.99. The van der Waals surface area contributed by atoms with E-state index in [-0.39, 0.29) is 0 Å². The first-order valence-corrected chi connectivity index (χ1v) is 7.37. The molecule has 2 heteroatoms. The van der Waals surface area contributed by atoms with Gasteiger partial charge >= 0.3 is 0 Å². The molecule has 0 aliphatic rings. The molecule has 3 aromatic carbocycles. The quantitative estimate of drug-likeness (QED) is 0.703. The van der Waals surface area contributed by atoms with E-state index < -0.39 is 6.10 Å². The molecule has 0 aromatic heterocycles. The molecule has 20 heavy (non-hydrogen) atoms. The molecule has 1 atom stereocenters. The van der Waals surface area contributed by atoms with Crippen molar-refractivity contribution in [3.8, 4) is 0 Å². The molecule has 0 aliphatic carbocycles. The predicted molar refractivity (Wildman–Crippen MR) is 86.9 cm³/mol. The maximum atomic E-state index is 10.6. The maximum absolute atomic E-state index is 10.6. The van der Waals surface area contributed by atoms with Gasteiger partial charge in [0, 0.05) is 4.47 Å². The first-order valence-electron chi connectivity index (χ1n) is 6.58. The van der Waals surface area contributed by atoms with Gasteiger partial charge < -0.3 is 5.11 Å². The monoisotopic (exact) mass is 326 g/mol. The molecule has 0 spiro atoms. The van der Waals surface area contributed by atoms with Crippen molar-refractivity contribution in [3.05, 3.63) is 81.8 Å². The molecule has 0 fully saturated rings. The zero-order chi connectivity index (χ0) is 14.1. The molecule has 0 saturated carbocycles. The third-order valence-electron chi connectivity index (χ3n) is 3.59. The van der Waals surface area contributed by atoms with E-state index in [2.05, 4.69) is 40.2 Å². The second-order valence-electron chi connectivity index (χ2n) is 5.02. The fourth-order valence-electron chi connectivity index (χ4n) is 2.41. The average Bonchev–Trinajstić information content (AvgIpc) is 2.49. The van der Waals surface area contributed by atoms with E-state index >= 15 is 0 Å². The normalized spacial score (nSPS) is 12.6. The van der Waals surface area contributed by atoms with Gasteiger partial charge in [-0.1, -0.05) is 64.5 Å². The van der Waals surface area contributed by atoms with E-state index in [4.69, 9.17) is 0 Å². The summed E-state index contributed by atoms with van der Waals surface area (Å²) in [5, 5.41) is 12.9. The highest BCUT2D eigenvalue weighted by Crippen LogP contribution is 2.28. The Labute approximate surface area is 127 Å². The summed E-state index contributed by atoms with van der Waals surface area (Å²) in [5.41, 5.74) is 2.97. The van der Waals surface area contributed by atoms with Gasteiger partial charge in [-0.15, -0.1) is 0 Å². The SMILES string of the molecule is Cc1cc(C(O)c2ccc3ccccc3c2)ccc1Br. The Balaban J connectivity index is 2.02. The molecule has 0 heterocycles. The molecule has 1 unspecified atom stereocenters. The lowest BCUT2D eigenvalue weighted by atomic mass is 9.97. The molecule has 0 amide bonds. The van der Waals surface area contributed by atoms with Crippen LogP contribution in [0.2, 0.25) is 0 Å². The first kappa shape index (κ1) is 13.3. The highest BCUT2D eigenvalue weighted by Gasteiger charge is 2.11. The Morgan fingerprint density at radius 2 is 1.50 bits per heavy atom. The lowest BCUT2D eigenvalue weighted by Crippen LogP contribution is -2.00. The number of hydrogen-bond donors (Lipinski definition) is 1. The third-order valence-corrected chi connectivity index (χ3v) is 4.48. The third kappa shape index (κ3) is 2.49. The molecule has 0 bridgehead atoms. The number of aliphatic hydroxyl groups excluding tert-OH is 1. The van der Waals surface area contributed by atoms with E-state index in [1.54, 1.807) is 0 Å². The number of benzene rings is 3. The van der Waals surface area contributed by atoms with Crippen LogP contribution >= 0.6 is 15.9 Å². The van der Waals surface area contributed by atoms with Crippen molar-refractivity contribution in [1.29, 1.82) is 0 Å². The second kappa shape index (κ2) is 5.39. The molecule has 3 rings (SSSR count). The summed E-state index contributed by atoms with van der Waals surface area (Å²) in [7, 11) is 0. The Kier molecular flexibility index (Phi) is 3.60. The Morgan fingerprint density at radius 3 is 2.25 bits per heavy atom. The van der Waals surface area contributed by atoms with Crippen LogP contribution in [0.4, 0.5) is 0 Å². The van der Waals surface area contributed by atoms with Gasteiger partial charge in [0.05, 0.1) is 0 Å². The maximum Gasteiger partial charge on any atom is 0.104 e. The van der Waals surface area contributed by atoms with Gasteiger partial charge in [-0.05, 0) is 46.5 Å². The lowest BCUT2D eigenvalue weighted by Gasteiger charge is -2.13. The van der Waals surface area contributed by atoms with Crippen molar-refractivity contribution in [3.63, 3.8) is 0 Å². The summed E-state index contributed by atoms with van der Waals surface area (Å²) in [4.78, 5) is 0. The fraction of sp³-hybridized carbons (Fsp3) is 0.111. The van der Waals surface area contributed by atoms with Crippen LogP contribution < -0.4 is 0 Å². The van der Waals surface area contributed by atoms with Crippen molar-refractivity contribution in [2.24, 2.45) is 0 Å². The van der Waals surface area contributed by atoms with E-state index in [0.29, 0.717) is 0 Å². The fourth-order valence-corrected chi connectivity index (χ4v) is 2.65. The van der Waals surface area contributed by atoms with Crippen LogP contribution in [-0.4, -0.2) is 5.11 Å². The molecular formula is C18H15BrO. The number of fused-ring (bicyclic) bond motifs is 1. The van der Waals surface area contributed by atoms with Crippen LogP contribution in [0.3, 0.4) is 0 Å². The highest BCUT2D eigenvalue weighted by atomic mass is 79.9. The molecular weight excluding hydrogens is 312 g/mol. The van der Waals surface area contributed by atoms with Crippen molar-refractivity contribution in [2.45, 2.75) is 13.0 Å². The zero-order valence-electron chi connectivity index (χ0n) is 11.2. The van der Waals surface area contributed by atoms with Crippen LogP contribution in [0.1, 0.15) is 22.8 Å². The first-order chi connectivity index (χ1) is 9.65. The Morgan fingerprint density at radius 1 is 0.850 bits per heavy atom. The van der Waals surface area contributed by atoms with Gasteiger partial charge in [0.2, 0.25) is 0 Å². The van der Waals surface area contributed by atoms with Crippen LogP contribution in [0.15, 0.2) is 65.1 Å². The van der Waals surface area contributed by atoms with E-state index in [1.165, 1.54) is 5.39 Å². The van der Waals surface area contributed by atoms with Crippen LogP contribution in [-0.2, 0) is 0 Å². The smallest absolute Gasteiger partial charge is 0.104 e. The molecule has 0 aliphatic heterocycles. The number of aliphatic hydroxyl groups is 1. The van der Waals surface area contributed by atoms with Crippen LogP contribution in [0.5, 0.6) is 0 Å². The molecule has 1 N–H and O–H groups in total. The second-order valence-corrected chi connectivity index (χ2v) is 5.87. The summed E-state index contributed by atoms with van der Waals surface area (Å²) in [6.07, 6.45) is -0.591. The number of hydrogen-bond acceptors (Lipinski definition) is 1. The summed E-state index contributed by atoms with van der Waals surface area (Å²) in [6, 6.07) is 20.2. The molecule has 100 valence electrons. The molecule has 0 saturated heterocycles. The van der Waals surface area contributed by atoms with Crippen molar-refractivity contribution < 1.29 is 5.11 Å². The van der Waals surface area contributed by atoms with E-state index in [1.807, 2.05) is 43.3 Å². The van der Waals surface area contributed by atoms with Crippen molar-refractivity contribution >= 4 is 26.7 Å². The minimum absolute atomic E-state index is 0.591. The van der Waals surface area contributed by atoms with Gasteiger partial charge in [-0.3, -0.25) is 0 Å². The van der Waals surface area contributed by atoms with Gasteiger partial charge in [0.25, 0.3) is 0 Å². The van der Waals surface area contributed by atoms with Crippen molar-refractivity contribution in [2.75, 3.05) is 0 Å². The summed E-state index contributed by atoms with van der Waals surface area (Å²) >= 11 is 3.49. The molecule has 1 nitrogen and oxygen atoms in total. The van der Waals surface area contributed by atoms with E-state index in [0.717, 1.165) is 26.5 Å². The zero-order valence-corrected chi connectivity index (χ0v) is 12.8. The number of rotatable bonds is 2. The lowest BCUT2D eigenvalue weighted by molar-refractivity contribution is 0.220. The van der Waals surface area contributed by atoms with Crippen LogP contribution in [0.25, 0.3) is 10.8 Å². The summed E-state index contributed by atoms with van der Waals surface area (Å²) in [5.74, 6) is 0. The number of aryl methyl sites for hydroxylation is 1.